The Labute approximate surface area is 128 Å². The third kappa shape index (κ3) is 4.34. The Hall–Kier alpha value is -2.83. The van der Waals surface area contributed by atoms with Crippen LogP contribution < -0.4 is 16.4 Å². The smallest absolute Gasteiger partial charge is 0.312 e. The van der Waals surface area contributed by atoms with Crippen LogP contribution in [0.25, 0.3) is 0 Å². The van der Waals surface area contributed by atoms with Crippen molar-refractivity contribution in [2.24, 2.45) is 5.73 Å². The Bertz CT molecular complexity index is 639. The number of urea groups is 1. The van der Waals surface area contributed by atoms with Gasteiger partial charge >= 0.3 is 6.03 Å². The van der Waals surface area contributed by atoms with Crippen molar-refractivity contribution in [2.45, 2.75) is 26.1 Å². The Kier molecular flexibility index (Phi) is 5.13. The van der Waals surface area contributed by atoms with Crippen LogP contribution in [0.2, 0.25) is 0 Å². The molecule has 3 amide bonds. The molecule has 1 aromatic heterocycles. The molecule has 7 heteroatoms. The van der Waals surface area contributed by atoms with E-state index in [2.05, 4.69) is 15.7 Å². The van der Waals surface area contributed by atoms with E-state index in [0.717, 1.165) is 11.1 Å². The number of carbonyl (C=O) groups excluding carboxylic acids is 2. The van der Waals surface area contributed by atoms with Crippen molar-refractivity contribution in [3.63, 3.8) is 0 Å². The first-order valence-corrected chi connectivity index (χ1v) is 6.94. The largest absolute Gasteiger partial charge is 0.352 e. The maximum absolute atomic E-state index is 11.9. The maximum Gasteiger partial charge on any atom is 0.312 e. The van der Waals surface area contributed by atoms with Crippen LogP contribution in [0.5, 0.6) is 0 Å². The molecule has 1 heterocycles. The average molecular weight is 301 g/mol. The highest BCUT2D eigenvalue weighted by Crippen LogP contribution is 2.10. The third-order valence-electron chi connectivity index (χ3n) is 3.22. The molecule has 0 aliphatic carbocycles. The molecular weight excluding hydrogens is 282 g/mol. The molecule has 2 aromatic rings. The Morgan fingerprint density at radius 3 is 2.64 bits per heavy atom. The lowest BCUT2D eigenvalue weighted by Crippen LogP contribution is -2.46. The van der Waals surface area contributed by atoms with Gasteiger partial charge in [-0.1, -0.05) is 24.3 Å². The van der Waals surface area contributed by atoms with Gasteiger partial charge in [0.25, 0.3) is 0 Å². The van der Waals surface area contributed by atoms with E-state index in [9.17, 15) is 9.59 Å². The third-order valence-corrected chi connectivity index (χ3v) is 3.22. The van der Waals surface area contributed by atoms with Crippen molar-refractivity contribution in [1.29, 1.82) is 0 Å². The number of amides is 3. The fourth-order valence-electron chi connectivity index (χ4n) is 2.07. The Morgan fingerprint density at radius 1 is 1.27 bits per heavy atom. The van der Waals surface area contributed by atoms with Gasteiger partial charge in [-0.3, -0.25) is 9.48 Å². The van der Waals surface area contributed by atoms with E-state index in [1.165, 1.54) is 0 Å². The van der Waals surface area contributed by atoms with Crippen LogP contribution in [-0.4, -0.2) is 27.8 Å². The summed E-state index contributed by atoms with van der Waals surface area (Å²) in [5, 5.41) is 9.30. The minimum Gasteiger partial charge on any atom is -0.352 e. The summed E-state index contributed by atoms with van der Waals surface area (Å²) in [6.45, 7) is 2.59. The lowest BCUT2D eigenvalue weighted by molar-refractivity contribution is -0.122. The van der Waals surface area contributed by atoms with Gasteiger partial charge in [0, 0.05) is 18.9 Å². The van der Waals surface area contributed by atoms with Crippen LogP contribution in [0.15, 0.2) is 42.7 Å². The molecule has 0 bridgehead atoms. The molecule has 0 fully saturated rings. The molecule has 0 saturated carbocycles. The lowest BCUT2D eigenvalue weighted by Gasteiger charge is -2.14. The molecular formula is C15H19N5O2. The molecule has 0 spiro atoms. The molecule has 0 saturated heterocycles. The van der Waals surface area contributed by atoms with Gasteiger partial charge in [-0.05, 0) is 24.1 Å². The molecule has 1 atom stereocenters. The van der Waals surface area contributed by atoms with Gasteiger partial charge in [0.05, 0.1) is 6.54 Å². The van der Waals surface area contributed by atoms with E-state index in [0.29, 0.717) is 13.1 Å². The highest BCUT2D eigenvalue weighted by Gasteiger charge is 2.14. The van der Waals surface area contributed by atoms with Crippen molar-refractivity contribution in [2.75, 3.05) is 0 Å². The van der Waals surface area contributed by atoms with E-state index in [4.69, 9.17) is 5.73 Å². The summed E-state index contributed by atoms with van der Waals surface area (Å²) in [7, 11) is 0. The highest BCUT2D eigenvalue weighted by molar-refractivity contribution is 5.86. The van der Waals surface area contributed by atoms with E-state index in [-0.39, 0.29) is 5.91 Å². The molecule has 7 nitrogen and oxygen atoms in total. The van der Waals surface area contributed by atoms with Crippen LogP contribution in [0.1, 0.15) is 18.1 Å². The zero-order valence-electron chi connectivity index (χ0n) is 12.3. The summed E-state index contributed by atoms with van der Waals surface area (Å²) in [5.41, 5.74) is 7.07. The minimum absolute atomic E-state index is 0.285. The molecule has 0 aliphatic rings. The number of nitrogens with one attached hydrogen (secondary N) is 2. The number of nitrogens with zero attached hydrogens (tertiary/aromatic N) is 2. The van der Waals surface area contributed by atoms with Crippen molar-refractivity contribution < 1.29 is 9.59 Å². The molecule has 2 rings (SSSR count). The predicted octanol–water partition coefficient (Wildman–Crippen LogP) is 0.604. The topological polar surface area (TPSA) is 102 Å². The van der Waals surface area contributed by atoms with E-state index in [1.54, 1.807) is 13.1 Å². The average Bonchev–Trinajstić information content (AvgIpc) is 2.98. The van der Waals surface area contributed by atoms with Gasteiger partial charge in [-0.2, -0.15) is 5.10 Å². The Balaban J connectivity index is 1.98. The zero-order valence-corrected chi connectivity index (χ0v) is 12.3. The van der Waals surface area contributed by atoms with Gasteiger partial charge in [-0.15, -0.1) is 0 Å². The maximum atomic E-state index is 11.9. The van der Waals surface area contributed by atoms with Crippen LogP contribution >= 0.6 is 0 Å². The van der Waals surface area contributed by atoms with E-state index >= 15 is 0 Å². The van der Waals surface area contributed by atoms with Crippen molar-refractivity contribution in [3.8, 4) is 0 Å². The van der Waals surface area contributed by atoms with Gasteiger partial charge in [0.1, 0.15) is 6.04 Å². The monoisotopic (exact) mass is 301 g/mol. The predicted molar refractivity (Wildman–Crippen MR) is 81.8 cm³/mol. The number of hydrogen-bond donors (Lipinski definition) is 3. The number of rotatable bonds is 6. The molecule has 116 valence electrons. The number of aromatic nitrogens is 2. The zero-order chi connectivity index (χ0) is 15.9. The molecule has 0 radical (unpaired) electrons. The fraction of sp³-hybridized carbons (Fsp3) is 0.267. The van der Waals surface area contributed by atoms with Crippen LogP contribution in [0, 0.1) is 0 Å². The molecule has 0 unspecified atom stereocenters. The van der Waals surface area contributed by atoms with Crippen molar-refractivity contribution >= 4 is 11.9 Å². The normalized spacial score (nSPS) is 11.7. The minimum atomic E-state index is -0.721. The number of nitrogens with two attached hydrogens (primary N) is 1. The van der Waals surface area contributed by atoms with Crippen LogP contribution in [-0.2, 0) is 17.9 Å². The van der Waals surface area contributed by atoms with Crippen molar-refractivity contribution in [3.05, 3.63) is 53.9 Å². The van der Waals surface area contributed by atoms with Gasteiger partial charge in [0.15, 0.2) is 0 Å². The lowest BCUT2D eigenvalue weighted by atomic mass is 10.1. The molecule has 4 N–H and O–H groups in total. The summed E-state index contributed by atoms with van der Waals surface area (Å²) in [6, 6.07) is 8.28. The van der Waals surface area contributed by atoms with E-state index < -0.39 is 12.1 Å². The van der Waals surface area contributed by atoms with E-state index in [1.807, 2.05) is 41.2 Å². The SMILES string of the molecule is C[C@H](NC(N)=O)C(=O)NCc1ccccc1Cn1cccn1. The van der Waals surface area contributed by atoms with Crippen LogP contribution in [0.3, 0.4) is 0 Å². The summed E-state index contributed by atoms with van der Waals surface area (Å²) >= 11 is 0. The number of hydrogen-bond acceptors (Lipinski definition) is 3. The first-order chi connectivity index (χ1) is 10.6. The molecule has 22 heavy (non-hydrogen) atoms. The highest BCUT2D eigenvalue weighted by atomic mass is 16.2. The number of benzene rings is 1. The number of carbonyl (C=O) groups is 2. The second kappa shape index (κ2) is 7.26. The molecule has 1 aromatic carbocycles. The number of primary amides is 1. The van der Waals surface area contributed by atoms with Crippen molar-refractivity contribution in [1.82, 2.24) is 20.4 Å². The van der Waals surface area contributed by atoms with Crippen LogP contribution in [0.4, 0.5) is 4.79 Å². The summed E-state index contributed by atoms with van der Waals surface area (Å²) in [4.78, 5) is 22.6. The second-order valence-electron chi connectivity index (χ2n) is 4.92. The second-order valence-corrected chi connectivity index (χ2v) is 4.92. The standard InChI is InChI=1S/C15H19N5O2/c1-11(19-15(16)22)14(21)17-9-12-5-2-3-6-13(12)10-20-8-4-7-18-20/h2-8,11H,9-10H2,1H3,(H,17,21)(H3,16,19,22)/t11-/m0/s1. The fourth-order valence-corrected chi connectivity index (χ4v) is 2.07. The first-order valence-electron chi connectivity index (χ1n) is 6.94. The quantitative estimate of drug-likeness (QED) is 0.728. The summed E-state index contributed by atoms with van der Waals surface area (Å²) in [5.74, 6) is -0.285. The van der Waals surface area contributed by atoms with Gasteiger partial charge in [-0.25, -0.2) is 4.79 Å². The van der Waals surface area contributed by atoms with Gasteiger partial charge in [0.2, 0.25) is 5.91 Å². The Morgan fingerprint density at radius 2 is 2.00 bits per heavy atom. The summed E-state index contributed by atoms with van der Waals surface area (Å²) < 4.78 is 1.82. The first kappa shape index (κ1) is 15.6. The summed E-state index contributed by atoms with van der Waals surface area (Å²) in [6.07, 6.45) is 3.61. The van der Waals surface area contributed by atoms with Gasteiger partial charge < -0.3 is 16.4 Å². The molecule has 0 aliphatic heterocycles.